The fourth-order valence-electron chi connectivity index (χ4n) is 3.13. The summed E-state index contributed by atoms with van der Waals surface area (Å²) >= 11 is 6.45. The van der Waals surface area contributed by atoms with Gasteiger partial charge in [0.15, 0.2) is 0 Å². The first-order chi connectivity index (χ1) is 15.0. The highest BCUT2D eigenvalue weighted by Gasteiger charge is 2.13. The largest absolute Gasteiger partial charge is 0.323 e. The molecule has 2 aromatic carbocycles. The molecular formula is C23H19ClFN5O. The summed E-state index contributed by atoms with van der Waals surface area (Å²) < 4.78 is 16.5. The molecule has 2 aromatic heterocycles. The number of carbonyl (C=O) groups excluding carboxylic acids is 1. The highest BCUT2D eigenvalue weighted by Crippen LogP contribution is 2.25. The van der Waals surface area contributed by atoms with Crippen molar-refractivity contribution in [2.45, 2.75) is 13.5 Å². The summed E-state index contributed by atoms with van der Waals surface area (Å²) in [6.07, 6.45) is 6.63. The lowest BCUT2D eigenvalue weighted by Gasteiger charge is -2.06. The monoisotopic (exact) mass is 435 g/mol. The number of nitrogens with zero attached hydrogens (tertiary/aromatic N) is 4. The number of benzene rings is 2. The van der Waals surface area contributed by atoms with Crippen molar-refractivity contribution in [2.24, 2.45) is 0 Å². The molecule has 4 aromatic rings. The van der Waals surface area contributed by atoms with Crippen molar-refractivity contribution in [2.75, 3.05) is 5.32 Å². The van der Waals surface area contributed by atoms with Gasteiger partial charge in [0.2, 0.25) is 5.91 Å². The van der Waals surface area contributed by atoms with Crippen LogP contribution < -0.4 is 5.32 Å². The van der Waals surface area contributed by atoms with Gasteiger partial charge in [-0.3, -0.25) is 9.48 Å². The van der Waals surface area contributed by atoms with E-state index in [-0.39, 0.29) is 11.7 Å². The maximum atomic E-state index is 13.2. The van der Waals surface area contributed by atoms with E-state index in [4.69, 9.17) is 11.6 Å². The Kier molecular flexibility index (Phi) is 5.95. The molecule has 0 aliphatic rings. The van der Waals surface area contributed by atoms with Crippen molar-refractivity contribution in [3.8, 4) is 5.69 Å². The molecule has 0 atom stereocenters. The average Bonchev–Trinajstić information content (AvgIpc) is 3.35. The molecule has 4 rings (SSSR count). The van der Waals surface area contributed by atoms with Crippen LogP contribution in [-0.4, -0.2) is 25.5 Å². The van der Waals surface area contributed by atoms with Crippen LogP contribution in [0.15, 0.2) is 73.1 Å². The quantitative estimate of drug-likeness (QED) is 0.439. The Bertz CT molecular complexity index is 1230. The Morgan fingerprint density at radius 3 is 2.74 bits per heavy atom. The van der Waals surface area contributed by atoms with Crippen LogP contribution in [0.2, 0.25) is 5.15 Å². The lowest BCUT2D eigenvalue weighted by atomic mass is 10.2. The number of amides is 1. The van der Waals surface area contributed by atoms with Crippen molar-refractivity contribution in [1.82, 2.24) is 19.6 Å². The van der Waals surface area contributed by atoms with Gasteiger partial charge < -0.3 is 5.32 Å². The molecule has 0 aliphatic heterocycles. The molecule has 0 aliphatic carbocycles. The predicted molar refractivity (Wildman–Crippen MR) is 119 cm³/mol. The Morgan fingerprint density at radius 2 is 2.00 bits per heavy atom. The number of nitrogens with one attached hydrogen (secondary N) is 1. The average molecular weight is 436 g/mol. The highest BCUT2D eigenvalue weighted by molar-refractivity contribution is 6.31. The van der Waals surface area contributed by atoms with Crippen LogP contribution in [0, 0.1) is 12.7 Å². The molecule has 156 valence electrons. The summed E-state index contributed by atoms with van der Waals surface area (Å²) in [4.78, 5) is 12.4. The molecule has 0 spiro atoms. The van der Waals surface area contributed by atoms with Crippen molar-refractivity contribution in [3.05, 3.63) is 101 Å². The summed E-state index contributed by atoms with van der Waals surface area (Å²) in [6.45, 7) is 2.41. The van der Waals surface area contributed by atoms with E-state index in [0.29, 0.717) is 34.3 Å². The van der Waals surface area contributed by atoms with Crippen molar-refractivity contribution >= 4 is 29.3 Å². The topological polar surface area (TPSA) is 64.7 Å². The first kappa shape index (κ1) is 20.6. The van der Waals surface area contributed by atoms with Crippen LogP contribution in [0.3, 0.4) is 0 Å². The van der Waals surface area contributed by atoms with Gasteiger partial charge in [-0.05, 0) is 61.0 Å². The number of hydrogen-bond donors (Lipinski definition) is 1. The molecule has 31 heavy (non-hydrogen) atoms. The van der Waals surface area contributed by atoms with Crippen LogP contribution in [0.1, 0.15) is 16.8 Å². The van der Waals surface area contributed by atoms with Gasteiger partial charge in [-0.2, -0.15) is 10.2 Å². The third-order valence-electron chi connectivity index (χ3n) is 4.62. The van der Waals surface area contributed by atoms with Crippen LogP contribution >= 0.6 is 11.6 Å². The fourth-order valence-corrected chi connectivity index (χ4v) is 3.46. The van der Waals surface area contributed by atoms with Gasteiger partial charge in [-0.1, -0.05) is 23.7 Å². The second-order valence-corrected chi connectivity index (χ2v) is 7.26. The number of hydrogen-bond acceptors (Lipinski definition) is 3. The minimum absolute atomic E-state index is 0.291. The Balaban J connectivity index is 1.47. The van der Waals surface area contributed by atoms with Gasteiger partial charge in [-0.15, -0.1) is 0 Å². The Hall–Kier alpha value is -3.71. The number of anilines is 1. The summed E-state index contributed by atoms with van der Waals surface area (Å²) in [5, 5.41) is 11.8. The molecule has 8 heteroatoms. The summed E-state index contributed by atoms with van der Waals surface area (Å²) in [5.74, 6) is -0.629. The van der Waals surface area contributed by atoms with Crippen molar-refractivity contribution < 1.29 is 9.18 Å². The zero-order chi connectivity index (χ0) is 21.8. The minimum Gasteiger partial charge on any atom is -0.323 e. The van der Waals surface area contributed by atoms with E-state index in [0.717, 1.165) is 5.56 Å². The normalized spacial score (nSPS) is 11.2. The van der Waals surface area contributed by atoms with Crippen LogP contribution in [0.5, 0.6) is 0 Å². The summed E-state index contributed by atoms with van der Waals surface area (Å²) in [6, 6.07) is 15.3. The molecule has 0 unspecified atom stereocenters. The highest BCUT2D eigenvalue weighted by atomic mass is 35.5. The SMILES string of the molecule is Cc1nn(-c2ccc(F)cc2)c(Cl)c1/C=C/C(=O)Nc1cccc(Cn2cccn2)c1. The van der Waals surface area contributed by atoms with Gasteiger partial charge >= 0.3 is 0 Å². The smallest absolute Gasteiger partial charge is 0.248 e. The van der Waals surface area contributed by atoms with Gasteiger partial charge in [0.1, 0.15) is 11.0 Å². The van der Waals surface area contributed by atoms with Crippen LogP contribution in [-0.2, 0) is 11.3 Å². The van der Waals surface area contributed by atoms with E-state index in [9.17, 15) is 9.18 Å². The number of aromatic nitrogens is 4. The minimum atomic E-state index is -0.339. The maximum absolute atomic E-state index is 13.2. The number of aryl methyl sites for hydroxylation is 1. The van der Waals surface area contributed by atoms with Gasteiger partial charge in [0, 0.05) is 29.7 Å². The first-order valence-electron chi connectivity index (χ1n) is 9.56. The zero-order valence-corrected chi connectivity index (χ0v) is 17.4. The van der Waals surface area contributed by atoms with Gasteiger partial charge in [0.25, 0.3) is 0 Å². The van der Waals surface area contributed by atoms with Crippen molar-refractivity contribution in [3.63, 3.8) is 0 Å². The van der Waals surface area contributed by atoms with E-state index in [1.807, 2.05) is 41.2 Å². The summed E-state index contributed by atoms with van der Waals surface area (Å²) in [7, 11) is 0. The Morgan fingerprint density at radius 1 is 1.19 bits per heavy atom. The molecule has 0 saturated carbocycles. The molecule has 1 amide bonds. The van der Waals surface area contributed by atoms with Gasteiger partial charge in [-0.25, -0.2) is 9.07 Å². The maximum Gasteiger partial charge on any atom is 0.248 e. The molecule has 0 saturated heterocycles. The van der Waals surface area contributed by atoms with E-state index in [1.54, 1.807) is 31.3 Å². The van der Waals surface area contributed by atoms with E-state index in [1.165, 1.54) is 22.9 Å². The number of carbonyl (C=O) groups is 1. The predicted octanol–water partition coefficient (Wildman–Crippen LogP) is 4.87. The van der Waals surface area contributed by atoms with Crippen molar-refractivity contribution in [1.29, 1.82) is 0 Å². The molecule has 1 N–H and O–H groups in total. The molecule has 0 bridgehead atoms. The van der Waals surface area contributed by atoms with Gasteiger partial charge in [0.05, 0.1) is 17.9 Å². The molecule has 0 fully saturated rings. The number of rotatable bonds is 6. The van der Waals surface area contributed by atoms with E-state index < -0.39 is 0 Å². The first-order valence-corrected chi connectivity index (χ1v) is 9.94. The molecule has 2 heterocycles. The third-order valence-corrected chi connectivity index (χ3v) is 4.98. The molecule has 0 radical (unpaired) electrons. The van der Waals surface area contributed by atoms with Crippen LogP contribution in [0.25, 0.3) is 11.8 Å². The standard InChI is InChI=1S/C23H19ClFN5O/c1-16-21(23(24)30(28-16)20-8-6-18(25)7-9-20)10-11-22(31)27-19-5-2-4-17(14-19)15-29-13-3-12-26-29/h2-14H,15H2,1H3,(H,27,31)/b11-10+. The van der Waals surface area contributed by atoms with Crippen LogP contribution in [0.4, 0.5) is 10.1 Å². The zero-order valence-electron chi connectivity index (χ0n) is 16.7. The van der Waals surface area contributed by atoms with E-state index in [2.05, 4.69) is 15.5 Å². The lowest BCUT2D eigenvalue weighted by Crippen LogP contribution is -2.08. The summed E-state index contributed by atoms with van der Waals surface area (Å²) in [5.41, 5.74) is 3.61. The lowest BCUT2D eigenvalue weighted by molar-refractivity contribution is -0.111. The van der Waals surface area contributed by atoms with E-state index >= 15 is 0 Å². The second-order valence-electron chi connectivity index (χ2n) is 6.90. The Labute approximate surface area is 183 Å². The fraction of sp³-hybridized carbons (Fsp3) is 0.0870. The molecular weight excluding hydrogens is 417 g/mol. The molecule has 6 nitrogen and oxygen atoms in total. The number of halogens is 2. The second kappa shape index (κ2) is 8.97. The third kappa shape index (κ3) is 4.90.